The van der Waals surface area contributed by atoms with Crippen molar-refractivity contribution in [3.8, 4) is 5.75 Å². The van der Waals surface area contributed by atoms with E-state index in [0.717, 1.165) is 43.3 Å². The number of ether oxygens (including phenoxy) is 1. The maximum absolute atomic E-state index is 5.65. The summed E-state index contributed by atoms with van der Waals surface area (Å²) in [7, 11) is 0. The van der Waals surface area contributed by atoms with Crippen LogP contribution in [-0.4, -0.2) is 24.7 Å². The minimum atomic E-state index is 0.699. The monoisotopic (exact) mass is 285 g/mol. The highest BCUT2D eigenvalue weighted by molar-refractivity contribution is 5.44. The largest absolute Gasteiger partial charge is 0.494 e. The minimum Gasteiger partial charge on any atom is -0.494 e. The third-order valence-corrected chi connectivity index (χ3v) is 2.94. The van der Waals surface area contributed by atoms with Gasteiger partial charge in [-0.2, -0.15) is 0 Å². The third-order valence-electron chi connectivity index (χ3n) is 2.94. The quantitative estimate of drug-likeness (QED) is 0.688. The van der Waals surface area contributed by atoms with Crippen molar-refractivity contribution in [3.05, 3.63) is 48.5 Å². The van der Waals surface area contributed by atoms with Crippen LogP contribution >= 0.6 is 0 Å². The van der Waals surface area contributed by atoms with Crippen LogP contribution in [0.15, 0.2) is 48.5 Å². The van der Waals surface area contributed by atoms with Crippen LogP contribution in [0.2, 0.25) is 0 Å². The molecule has 2 rings (SSSR count). The van der Waals surface area contributed by atoms with Crippen LogP contribution in [0.1, 0.15) is 19.8 Å². The molecule has 0 bridgehead atoms. The van der Waals surface area contributed by atoms with Gasteiger partial charge in [0.1, 0.15) is 17.4 Å². The summed E-state index contributed by atoms with van der Waals surface area (Å²) in [6.07, 6.45) is 2.03. The second kappa shape index (κ2) is 8.84. The zero-order valence-electron chi connectivity index (χ0n) is 12.5. The van der Waals surface area contributed by atoms with Crippen LogP contribution in [0, 0.1) is 0 Å². The molecule has 2 N–H and O–H groups in total. The van der Waals surface area contributed by atoms with Gasteiger partial charge in [0.25, 0.3) is 0 Å². The lowest BCUT2D eigenvalue weighted by molar-refractivity contribution is 0.315. The van der Waals surface area contributed by atoms with Crippen LogP contribution in [0.25, 0.3) is 0 Å². The number of pyridine rings is 1. The molecule has 0 amide bonds. The van der Waals surface area contributed by atoms with Crippen LogP contribution in [0.3, 0.4) is 0 Å². The summed E-state index contributed by atoms with van der Waals surface area (Å²) in [6.45, 7) is 4.63. The number of nitrogens with one attached hydrogen (secondary N) is 2. The van der Waals surface area contributed by atoms with Crippen LogP contribution < -0.4 is 15.4 Å². The highest BCUT2D eigenvalue weighted by atomic mass is 16.5. The van der Waals surface area contributed by atoms with Crippen molar-refractivity contribution in [1.29, 1.82) is 0 Å². The number of nitrogens with zero attached hydrogens (tertiary/aromatic N) is 1. The molecule has 1 aromatic heterocycles. The second-order valence-electron chi connectivity index (χ2n) is 4.78. The van der Waals surface area contributed by atoms with Gasteiger partial charge in [-0.3, -0.25) is 0 Å². The van der Waals surface area contributed by atoms with Crippen LogP contribution in [-0.2, 0) is 0 Å². The molecule has 1 aromatic carbocycles. The molecule has 0 aliphatic heterocycles. The van der Waals surface area contributed by atoms with Gasteiger partial charge in [0, 0.05) is 13.1 Å². The van der Waals surface area contributed by atoms with Gasteiger partial charge in [0.15, 0.2) is 0 Å². The van der Waals surface area contributed by atoms with Crippen molar-refractivity contribution in [2.45, 2.75) is 19.8 Å². The van der Waals surface area contributed by atoms with Crippen molar-refractivity contribution in [2.75, 3.05) is 30.3 Å². The Morgan fingerprint density at radius 3 is 2.33 bits per heavy atom. The average molecular weight is 285 g/mol. The fourth-order valence-electron chi connectivity index (χ4n) is 1.88. The van der Waals surface area contributed by atoms with Crippen molar-refractivity contribution in [3.63, 3.8) is 0 Å². The second-order valence-corrected chi connectivity index (χ2v) is 4.78. The molecular formula is C17H23N3O. The Bertz CT molecular complexity index is 516. The zero-order chi connectivity index (χ0) is 14.8. The molecule has 2 aromatic rings. The molecule has 0 fully saturated rings. The van der Waals surface area contributed by atoms with Crippen LogP contribution in [0.4, 0.5) is 11.6 Å². The minimum absolute atomic E-state index is 0.699. The first kappa shape index (κ1) is 15.2. The number of aromatic nitrogens is 1. The van der Waals surface area contributed by atoms with Crippen molar-refractivity contribution in [2.24, 2.45) is 0 Å². The molecule has 0 radical (unpaired) electrons. The molecule has 0 saturated heterocycles. The van der Waals surface area contributed by atoms with Gasteiger partial charge < -0.3 is 15.4 Å². The van der Waals surface area contributed by atoms with E-state index < -0.39 is 0 Å². The molecule has 112 valence electrons. The lowest BCUT2D eigenvalue weighted by Crippen LogP contribution is -2.09. The molecule has 0 spiro atoms. The molecule has 0 atom stereocenters. The van der Waals surface area contributed by atoms with Crippen LogP contribution in [0.5, 0.6) is 5.75 Å². The van der Waals surface area contributed by atoms with Gasteiger partial charge in [-0.25, -0.2) is 4.98 Å². The van der Waals surface area contributed by atoms with E-state index in [1.54, 1.807) is 0 Å². The smallest absolute Gasteiger partial charge is 0.128 e. The lowest BCUT2D eigenvalue weighted by Gasteiger charge is -2.09. The fraction of sp³-hybridized carbons (Fsp3) is 0.353. The Morgan fingerprint density at radius 2 is 1.62 bits per heavy atom. The normalized spacial score (nSPS) is 10.1. The van der Waals surface area contributed by atoms with Crippen molar-refractivity contribution < 1.29 is 4.74 Å². The molecule has 0 aliphatic rings. The summed E-state index contributed by atoms with van der Waals surface area (Å²) in [4.78, 5) is 4.50. The zero-order valence-corrected chi connectivity index (χ0v) is 12.5. The Morgan fingerprint density at radius 1 is 0.905 bits per heavy atom. The standard InChI is InChI=1S/C17H23N3O/c1-2-12-18-16-10-6-11-17(20-16)19-13-7-14-21-15-8-4-3-5-9-15/h3-6,8-11H,2,7,12-14H2,1H3,(H2,18,19,20). The number of hydrogen-bond acceptors (Lipinski definition) is 4. The van der Waals surface area contributed by atoms with E-state index in [4.69, 9.17) is 4.74 Å². The molecule has 0 aliphatic carbocycles. The molecule has 0 saturated carbocycles. The van der Waals surface area contributed by atoms with E-state index in [2.05, 4.69) is 22.5 Å². The number of benzene rings is 1. The first-order valence-corrected chi connectivity index (χ1v) is 7.51. The summed E-state index contributed by atoms with van der Waals surface area (Å²) < 4.78 is 5.65. The maximum Gasteiger partial charge on any atom is 0.128 e. The number of anilines is 2. The topological polar surface area (TPSA) is 46.2 Å². The SMILES string of the molecule is CCCNc1cccc(NCCCOc2ccccc2)n1. The van der Waals surface area contributed by atoms with E-state index >= 15 is 0 Å². The summed E-state index contributed by atoms with van der Waals surface area (Å²) in [5.74, 6) is 2.74. The number of hydrogen-bond donors (Lipinski definition) is 2. The predicted octanol–water partition coefficient (Wildman–Crippen LogP) is 3.78. The molecular weight excluding hydrogens is 262 g/mol. The molecule has 4 heteroatoms. The summed E-state index contributed by atoms with van der Waals surface area (Å²) in [6, 6.07) is 15.9. The lowest BCUT2D eigenvalue weighted by atomic mass is 10.3. The molecule has 4 nitrogen and oxygen atoms in total. The van der Waals surface area contributed by atoms with Crippen molar-refractivity contribution >= 4 is 11.6 Å². The first-order valence-electron chi connectivity index (χ1n) is 7.51. The summed E-state index contributed by atoms with van der Waals surface area (Å²) in [5, 5.41) is 6.60. The van der Waals surface area contributed by atoms with Gasteiger partial charge in [0.2, 0.25) is 0 Å². The van der Waals surface area contributed by atoms with Gasteiger partial charge in [-0.1, -0.05) is 31.2 Å². The summed E-state index contributed by atoms with van der Waals surface area (Å²) in [5.41, 5.74) is 0. The Balaban J connectivity index is 1.66. The average Bonchev–Trinajstić information content (AvgIpc) is 2.54. The number of para-hydroxylation sites is 1. The van der Waals surface area contributed by atoms with E-state index in [-0.39, 0.29) is 0 Å². The Hall–Kier alpha value is -2.23. The van der Waals surface area contributed by atoms with Crippen molar-refractivity contribution in [1.82, 2.24) is 4.98 Å². The predicted molar refractivity (Wildman–Crippen MR) is 88.1 cm³/mol. The van der Waals surface area contributed by atoms with Gasteiger partial charge >= 0.3 is 0 Å². The third kappa shape index (κ3) is 5.73. The van der Waals surface area contributed by atoms with Gasteiger partial charge in [0.05, 0.1) is 6.61 Å². The molecule has 0 unspecified atom stereocenters. The first-order chi connectivity index (χ1) is 10.4. The van der Waals surface area contributed by atoms with E-state index in [0.29, 0.717) is 6.61 Å². The summed E-state index contributed by atoms with van der Waals surface area (Å²) >= 11 is 0. The van der Waals surface area contributed by atoms with E-state index in [9.17, 15) is 0 Å². The maximum atomic E-state index is 5.65. The van der Waals surface area contributed by atoms with E-state index in [1.807, 2.05) is 48.5 Å². The highest BCUT2D eigenvalue weighted by Crippen LogP contribution is 2.10. The fourth-order valence-corrected chi connectivity index (χ4v) is 1.88. The highest BCUT2D eigenvalue weighted by Gasteiger charge is 1.97. The molecule has 21 heavy (non-hydrogen) atoms. The Kier molecular flexibility index (Phi) is 6.39. The Labute approximate surface area is 126 Å². The van der Waals surface area contributed by atoms with E-state index in [1.165, 1.54) is 0 Å². The molecule has 1 heterocycles. The van der Waals surface area contributed by atoms with Gasteiger partial charge in [-0.05, 0) is 37.1 Å². The number of rotatable bonds is 9. The van der Waals surface area contributed by atoms with Gasteiger partial charge in [-0.15, -0.1) is 0 Å².